The molecule has 32 heavy (non-hydrogen) atoms. The van der Waals surface area contributed by atoms with E-state index < -0.39 is 0 Å². The van der Waals surface area contributed by atoms with Crippen molar-refractivity contribution in [3.63, 3.8) is 0 Å². The molecule has 1 fully saturated rings. The van der Waals surface area contributed by atoms with Crippen molar-refractivity contribution in [1.29, 1.82) is 0 Å². The molecular formula is C26H27NO5. The van der Waals surface area contributed by atoms with E-state index in [2.05, 4.69) is 0 Å². The minimum absolute atomic E-state index is 0.0872. The first-order valence-corrected chi connectivity index (χ1v) is 10.7. The number of hydrogen-bond acceptors (Lipinski definition) is 5. The number of Topliss-reactive ketones (excluding diaryl/α,β-unsaturated/α-hetero) is 1. The zero-order valence-electron chi connectivity index (χ0n) is 18.6. The van der Waals surface area contributed by atoms with Gasteiger partial charge < -0.3 is 19.1 Å². The lowest BCUT2D eigenvalue weighted by molar-refractivity contribution is 0.0636. The summed E-state index contributed by atoms with van der Waals surface area (Å²) >= 11 is 0. The molecule has 1 saturated heterocycles. The van der Waals surface area contributed by atoms with E-state index in [1.807, 2.05) is 42.5 Å². The van der Waals surface area contributed by atoms with Crippen LogP contribution < -0.4 is 14.2 Å². The number of nitrogens with zero attached hydrogens (tertiary/aromatic N) is 1. The number of benzene rings is 3. The molecule has 1 aliphatic rings. The van der Waals surface area contributed by atoms with Crippen LogP contribution in [0.25, 0.3) is 10.8 Å². The van der Waals surface area contributed by atoms with Crippen LogP contribution in [0.1, 0.15) is 33.6 Å². The number of amides is 1. The summed E-state index contributed by atoms with van der Waals surface area (Å²) in [4.78, 5) is 28.5. The van der Waals surface area contributed by atoms with Gasteiger partial charge in [-0.2, -0.15) is 0 Å². The van der Waals surface area contributed by atoms with E-state index in [4.69, 9.17) is 14.2 Å². The summed E-state index contributed by atoms with van der Waals surface area (Å²) in [7, 11) is 4.56. The summed E-state index contributed by atoms with van der Waals surface area (Å²) in [5, 5.41) is 1.99. The van der Waals surface area contributed by atoms with Crippen LogP contribution in [-0.4, -0.2) is 51.0 Å². The maximum absolute atomic E-state index is 13.4. The molecule has 0 N–H and O–H groups in total. The highest BCUT2D eigenvalue weighted by atomic mass is 16.5. The highest BCUT2D eigenvalue weighted by Gasteiger charge is 2.31. The number of likely N-dealkylation sites (tertiary alicyclic amines) is 1. The van der Waals surface area contributed by atoms with Crippen LogP contribution in [0, 0.1) is 5.92 Å². The number of hydrogen-bond donors (Lipinski definition) is 0. The third kappa shape index (κ3) is 4.00. The number of ether oxygens (including phenoxy) is 3. The molecule has 1 aliphatic heterocycles. The van der Waals surface area contributed by atoms with E-state index in [1.54, 1.807) is 17.0 Å². The monoisotopic (exact) mass is 433 g/mol. The normalized spacial score (nSPS) is 16.0. The second-order valence-electron chi connectivity index (χ2n) is 7.90. The summed E-state index contributed by atoms with van der Waals surface area (Å²) in [5.41, 5.74) is 1.16. The molecule has 1 atom stereocenters. The molecule has 0 radical (unpaired) electrons. The van der Waals surface area contributed by atoms with Crippen LogP contribution in [0.5, 0.6) is 17.2 Å². The predicted octanol–water partition coefficient (Wildman–Crippen LogP) is 4.60. The molecular weight excluding hydrogens is 406 g/mol. The summed E-state index contributed by atoms with van der Waals surface area (Å²) in [6.07, 6.45) is 1.54. The van der Waals surface area contributed by atoms with Gasteiger partial charge in [0, 0.05) is 30.1 Å². The lowest BCUT2D eigenvalue weighted by Gasteiger charge is -2.32. The van der Waals surface area contributed by atoms with E-state index in [-0.39, 0.29) is 17.6 Å². The number of carbonyl (C=O) groups is 2. The molecule has 166 valence electrons. The fraction of sp³-hybridized carbons (Fsp3) is 0.308. The SMILES string of the molecule is COc1cc(C(=O)N2CCC[C@@H](C(=O)c3cccc4ccccc34)C2)cc(OC)c1OC. The van der Waals surface area contributed by atoms with Gasteiger partial charge in [0.1, 0.15) is 0 Å². The van der Waals surface area contributed by atoms with Crippen LogP contribution in [0.15, 0.2) is 54.6 Å². The fourth-order valence-corrected chi connectivity index (χ4v) is 4.42. The number of carbonyl (C=O) groups excluding carboxylic acids is 2. The lowest BCUT2D eigenvalue weighted by atomic mass is 9.87. The Morgan fingerprint density at radius 3 is 2.28 bits per heavy atom. The molecule has 3 aromatic rings. The van der Waals surface area contributed by atoms with Crippen molar-refractivity contribution in [2.75, 3.05) is 34.4 Å². The van der Waals surface area contributed by atoms with Gasteiger partial charge >= 0.3 is 0 Å². The highest BCUT2D eigenvalue weighted by molar-refractivity contribution is 6.09. The second-order valence-corrected chi connectivity index (χ2v) is 7.90. The van der Waals surface area contributed by atoms with Crippen LogP contribution in [-0.2, 0) is 0 Å². The Balaban J connectivity index is 1.59. The van der Waals surface area contributed by atoms with Crippen molar-refractivity contribution in [2.45, 2.75) is 12.8 Å². The average molecular weight is 434 g/mol. The van der Waals surface area contributed by atoms with Crippen LogP contribution in [0.4, 0.5) is 0 Å². The van der Waals surface area contributed by atoms with Gasteiger partial charge in [0.05, 0.1) is 21.3 Å². The topological polar surface area (TPSA) is 65.1 Å². The van der Waals surface area contributed by atoms with E-state index in [0.717, 1.165) is 29.2 Å². The Morgan fingerprint density at radius 1 is 0.906 bits per heavy atom. The third-order valence-corrected chi connectivity index (χ3v) is 6.05. The molecule has 4 rings (SSSR count). The summed E-state index contributed by atoms with van der Waals surface area (Å²) in [5.74, 6) is 0.991. The Bertz CT molecular complexity index is 1130. The lowest BCUT2D eigenvalue weighted by Crippen LogP contribution is -2.42. The summed E-state index contributed by atoms with van der Waals surface area (Å²) in [6.45, 7) is 0.992. The Morgan fingerprint density at radius 2 is 1.59 bits per heavy atom. The molecule has 0 aromatic heterocycles. The van der Waals surface area contributed by atoms with Crippen molar-refractivity contribution >= 4 is 22.5 Å². The van der Waals surface area contributed by atoms with Crippen molar-refractivity contribution in [3.05, 3.63) is 65.7 Å². The van der Waals surface area contributed by atoms with Gasteiger partial charge in [-0.3, -0.25) is 9.59 Å². The predicted molar refractivity (Wildman–Crippen MR) is 123 cm³/mol. The van der Waals surface area contributed by atoms with Gasteiger partial charge in [-0.15, -0.1) is 0 Å². The molecule has 1 amide bonds. The molecule has 0 unspecified atom stereocenters. The maximum atomic E-state index is 13.4. The highest BCUT2D eigenvalue weighted by Crippen LogP contribution is 2.38. The molecule has 3 aromatic carbocycles. The van der Waals surface area contributed by atoms with E-state index in [9.17, 15) is 9.59 Å². The van der Waals surface area contributed by atoms with E-state index >= 15 is 0 Å². The smallest absolute Gasteiger partial charge is 0.254 e. The van der Waals surface area contributed by atoms with Crippen molar-refractivity contribution in [3.8, 4) is 17.2 Å². The van der Waals surface area contributed by atoms with Crippen molar-refractivity contribution in [1.82, 2.24) is 4.90 Å². The molecule has 1 heterocycles. The number of piperidine rings is 1. The van der Waals surface area contributed by atoms with Gasteiger partial charge in [-0.25, -0.2) is 0 Å². The molecule has 0 bridgehead atoms. The van der Waals surface area contributed by atoms with Crippen LogP contribution in [0.2, 0.25) is 0 Å². The first-order valence-electron chi connectivity index (χ1n) is 10.7. The second kappa shape index (κ2) is 9.30. The number of methoxy groups -OCH3 is 3. The molecule has 6 heteroatoms. The molecule has 0 saturated carbocycles. The first kappa shape index (κ1) is 21.7. The maximum Gasteiger partial charge on any atom is 0.254 e. The minimum atomic E-state index is -0.236. The van der Waals surface area contributed by atoms with Gasteiger partial charge in [-0.05, 0) is 35.7 Å². The molecule has 0 aliphatic carbocycles. The Hall–Kier alpha value is -3.54. The largest absolute Gasteiger partial charge is 0.493 e. The Labute approximate surface area is 187 Å². The minimum Gasteiger partial charge on any atom is -0.493 e. The zero-order chi connectivity index (χ0) is 22.7. The first-order chi connectivity index (χ1) is 15.6. The molecule has 6 nitrogen and oxygen atoms in total. The quantitative estimate of drug-likeness (QED) is 0.532. The van der Waals surface area contributed by atoms with Gasteiger partial charge in [-0.1, -0.05) is 42.5 Å². The number of rotatable bonds is 6. The van der Waals surface area contributed by atoms with Crippen LogP contribution in [0.3, 0.4) is 0 Å². The number of fused-ring (bicyclic) bond motifs is 1. The summed E-state index contributed by atoms with van der Waals surface area (Å²) in [6, 6.07) is 17.0. The van der Waals surface area contributed by atoms with E-state index in [0.29, 0.717) is 35.9 Å². The average Bonchev–Trinajstić information content (AvgIpc) is 2.86. The van der Waals surface area contributed by atoms with Crippen molar-refractivity contribution < 1.29 is 23.8 Å². The Kier molecular flexibility index (Phi) is 6.30. The summed E-state index contributed by atoms with van der Waals surface area (Å²) < 4.78 is 16.1. The van der Waals surface area contributed by atoms with Gasteiger partial charge in [0.2, 0.25) is 5.75 Å². The van der Waals surface area contributed by atoms with Crippen molar-refractivity contribution in [2.24, 2.45) is 5.92 Å². The fourth-order valence-electron chi connectivity index (χ4n) is 4.42. The standard InChI is InChI=1S/C26H27NO5/c1-30-22-14-19(15-23(31-2)25(22)32-3)26(29)27-13-7-10-18(16-27)24(28)21-12-6-9-17-8-4-5-11-20(17)21/h4-6,8-9,11-12,14-15,18H,7,10,13,16H2,1-3H3/t18-/m1/s1. The van der Waals surface area contributed by atoms with Gasteiger partial charge in [0.25, 0.3) is 5.91 Å². The zero-order valence-corrected chi connectivity index (χ0v) is 18.6. The van der Waals surface area contributed by atoms with Crippen LogP contribution >= 0.6 is 0 Å². The molecule has 0 spiro atoms. The third-order valence-electron chi connectivity index (χ3n) is 6.05. The number of ketones is 1. The van der Waals surface area contributed by atoms with E-state index in [1.165, 1.54) is 21.3 Å². The van der Waals surface area contributed by atoms with Gasteiger partial charge in [0.15, 0.2) is 17.3 Å².